The minimum atomic E-state index is -0.373. The van der Waals surface area contributed by atoms with Gasteiger partial charge in [-0.05, 0) is 18.6 Å². The van der Waals surface area contributed by atoms with Crippen LogP contribution >= 0.6 is 0 Å². The number of hydrogen-bond acceptors (Lipinski definition) is 2. The summed E-state index contributed by atoms with van der Waals surface area (Å²) in [6.07, 6.45) is 2.80. The number of para-hydroxylation sites is 1. The average molecular weight is 347 g/mol. The minimum Gasteiger partial charge on any atom is -0.351 e. The van der Waals surface area contributed by atoms with E-state index in [1.54, 1.807) is 0 Å². The molecular formula is C22H25N3O. The molecule has 0 radical (unpaired) electrons. The molecule has 0 aliphatic rings. The lowest BCUT2D eigenvalue weighted by atomic mass is 9.89. The second kappa shape index (κ2) is 7.56. The normalized spacial score (nSPS) is 11.3. The molecule has 4 heteroatoms. The van der Waals surface area contributed by atoms with Crippen LogP contribution in [-0.2, 0) is 11.3 Å². The fourth-order valence-corrected chi connectivity index (χ4v) is 2.67. The molecule has 2 aromatic carbocycles. The van der Waals surface area contributed by atoms with Crippen LogP contribution in [0.25, 0.3) is 16.9 Å². The van der Waals surface area contributed by atoms with Gasteiger partial charge >= 0.3 is 0 Å². The molecule has 134 valence electrons. The lowest BCUT2D eigenvalue weighted by molar-refractivity contribution is -0.129. The molecule has 0 atom stereocenters. The van der Waals surface area contributed by atoms with Crippen LogP contribution in [-0.4, -0.2) is 15.7 Å². The van der Waals surface area contributed by atoms with Crippen LogP contribution in [0.4, 0.5) is 0 Å². The highest BCUT2D eigenvalue weighted by molar-refractivity contribution is 5.81. The number of nitrogens with zero attached hydrogens (tertiary/aromatic N) is 2. The molecule has 1 heterocycles. The predicted molar refractivity (Wildman–Crippen MR) is 105 cm³/mol. The number of nitrogens with one attached hydrogen (secondary N) is 1. The Morgan fingerprint density at radius 2 is 1.65 bits per heavy atom. The first-order valence-corrected chi connectivity index (χ1v) is 8.99. The van der Waals surface area contributed by atoms with E-state index >= 15 is 0 Å². The van der Waals surface area contributed by atoms with Crippen molar-refractivity contribution in [1.82, 2.24) is 15.1 Å². The fraction of sp³-hybridized carbons (Fsp3) is 0.273. The van der Waals surface area contributed by atoms with Crippen molar-refractivity contribution in [2.24, 2.45) is 5.41 Å². The van der Waals surface area contributed by atoms with Crippen molar-refractivity contribution in [1.29, 1.82) is 0 Å². The maximum atomic E-state index is 12.5. The molecule has 0 spiro atoms. The SMILES string of the molecule is CCC(C)(C)C(=O)NCc1cn(-c2ccccc2)nc1-c1ccccc1. The predicted octanol–water partition coefficient (Wildman–Crippen LogP) is 4.59. The van der Waals surface area contributed by atoms with Crippen molar-refractivity contribution < 1.29 is 4.79 Å². The van der Waals surface area contributed by atoms with Crippen molar-refractivity contribution in [3.05, 3.63) is 72.4 Å². The van der Waals surface area contributed by atoms with E-state index in [1.165, 1.54) is 0 Å². The number of hydrogen-bond donors (Lipinski definition) is 1. The first-order valence-electron chi connectivity index (χ1n) is 8.99. The summed E-state index contributed by atoms with van der Waals surface area (Å²) < 4.78 is 1.87. The molecule has 0 saturated heterocycles. The van der Waals surface area contributed by atoms with Gasteiger partial charge in [-0.2, -0.15) is 5.10 Å². The lowest BCUT2D eigenvalue weighted by Crippen LogP contribution is -2.36. The summed E-state index contributed by atoms with van der Waals surface area (Å²) in [6, 6.07) is 20.1. The largest absolute Gasteiger partial charge is 0.351 e. The Morgan fingerprint density at radius 3 is 2.27 bits per heavy atom. The quantitative estimate of drug-likeness (QED) is 0.709. The smallest absolute Gasteiger partial charge is 0.225 e. The van der Waals surface area contributed by atoms with Crippen LogP contribution in [0.1, 0.15) is 32.8 Å². The Bertz CT molecular complexity index is 867. The number of carbonyl (C=O) groups is 1. The van der Waals surface area contributed by atoms with Gasteiger partial charge in [0.05, 0.1) is 11.4 Å². The van der Waals surface area contributed by atoms with Gasteiger partial charge in [-0.3, -0.25) is 4.79 Å². The summed E-state index contributed by atoms with van der Waals surface area (Å²) >= 11 is 0. The molecule has 0 aliphatic carbocycles. The van der Waals surface area contributed by atoms with E-state index in [-0.39, 0.29) is 11.3 Å². The van der Waals surface area contributed by atoms with Gasteiger partial charge in [-0.1, -0.05) is 69.3 Å². The van der Waals surface area contributed by atoms with E-state index in [9.17, 15) is 4.79 Å². The summed E-state index contributed by atoms with van der Waals surface area (Å²) in [5, 5.41) is 7.85. The number of rotatable bonds is 6. The zero-order valence-electron chi connectivity index (χ0n) is 15.6. The molecule has 3 aromatic rings. The summed E-state index contributed by atoms with van der Waals surface area (Å²) in [5.74, 6) is 0.0615. The Hall–Kier alpha value is -2.88. The van der Waals surface area contributed by atoms with Crippen LogP contribution < -0.4 is 5.32 Å². The third-order valence-corrected chi connectivity index (χ3v) is 4.80. The Balaban J connectivity index is 1.92. The Morgan fingerprint density at radius 1 is 1.04 bits per heavy atom. The van der Waals surface area contributed by atoms with Crippen molar-refractivity contribution in [2.45, 2.75) is 33.7 Å². The van der Waals surface area contributed by atoms with E-state index < -0.39 is 0 Å². The van der Waals surface area contributed by atoms with Crippen LogP contribution in [0.3, 0.4) is 0 Å². The van der Waals surface area contributed by atoms with Crippen molar-refractivity contribution in [3.63, 3.8) is 0 Å². The zero-order valence-corrected chi connectivity index (χ0v) is 15.6. The number of carbonyl (C=O) groups excluding carboxylic acids is 1. The van der Waals surface area contributed by atoms with Gasteiger partial charge in [0.15, 0.2) is 0 Å². The van der Waals surface area contributed by atoms with Gasteiger partial charge in [0.1, 0.15) is 0 Å². The highest BCUT2D eigenvalue weighted by Gasteiger charge is 2.25. The van der Waals surface area contributed by atoms with Crippen LogP contribution in [0, 0.1) is 5.41 Å². The molecule has 4 nitrogen and oxygen atoms in total. The molecule has 0 fully saturated rings. The standard InChI is InChI=1S/C22H25N3O/c1-4-22(2,3)21(26)23-15-18-16-25(19-13-9-6-10-14-19)24-20(18)17-11-7-5-8-12-17/h5-14,16H,4,15H2,1-3H3,(H,23,26). The molecule has 0 unspecified atom stereocenters. The second-order valence-corrected chi connectivity index (χ2v) is 7.07. The van der Waals surface area contributed by atoms with Crippen molar-refractivity contribution in [2.75, 3.05) is 0 Å². The maximum Gasteiger partial charge on any atom is 0.225 e. The summed E-state index contributed by atoms with van der Waals surface area (Å²) in [7, 11) is 0. The lowest BCUT2D eigenvalue weighted by Gasteiger charge is -2.21. The van der Waals surface area contributed by atoms with E-state index in [4.69, 9.17) is 5.10 Å². The topological polar surface area (TPSA) is 46.9 Å². The number of benzene rings is 2. The van der Waals surface area contributed by atoms with Crippen LogP contribution in [0.2, 0.25) is 0 Å². The highest BCUT2D eigenvalue weighted by Crippen LogP contribution is 2.25. The van der Waals surface area contributed by atoms with E-state index in [2.05, 4.69) is 5.32 Å². The van der Waals surface area contributed by atoms with E-state index in [0.717, 1.165) is 28.9 Å². The monoisotopic (exact) mass is 347 g/mol. The highest BCUT2D eigenvalue weighted by atomic mass is 16.2. The number of aromatic nitrogens is 2. The average Bonchev–Trinajstić information content (AvgIpc) is 3.11. The van der Waals surface area contributed by atoms with Gasteiger partial charge in [-0.25, -0.2) is 4.68 Å². The van der Waals surface area contributed by atoms with E-state index in [0.29, 0.717) is 6.54 Å². The van der Waals surface area contributed by atoms with Gasteiger partial charge < -0.3 is 5.32 Å². The first-order chi connectivity index (χ1) is 12.5. The molecule has 0 saturated carbocycles. The first kappa shape index (κ1) is 17.9. The van der Waals surface area contributed by atoms with Gasteiger partial charge in [0, 0.05) is 29.3 Å². The summed E-state index contributed by atoms with van der Waals surface area (Å²) in [4.78, 5) is 12.5. The third-order valence-electron chi connectivity index (χ3n) is 4.80. The third kappa shape index (κ3) is 3.85. The van der Waals surface area contributed by atoms with Gasteiger partial charge in [0.2, 0.25) is 5.91 Å². The second-order valence-electron chi connectivity index (χ2n) is 7.07. The number of amides is 1. The molecular weight excluding hydrogens is 322 g/mol. The summed E-state index contributed by atoms with van der Waals surface area (Å²) in [5.41, 5.74) is 3.56. The molecule has 0 aliphatic heterocycles. The van der Waals surface area contributed by atoms with Crippen LogP contribution in [0.15, 0.2) is 66.9 Å². The maximum absolute atomic E-state index is 12.5. The molecule has 3 rings (SSSR count). The molecule has 1 aromatic heterocycles. The van der Waals surface area contributed by atoms with Crippen molar-refractivity contribution in [3.8, 4) is 16.9 Å². The summed E-state index contributed by atoms with van der Waals surface area (Å²) in [6.45, 7) is 6.42. The molecule has 1 amide bonds. The van der Waals surface area contributed by atoms with Crippen molar-refractivity contribution >= 4 is 5.91 Å². The van der Waals surface area contributed by atoms with Gasteiger partial charge in [0.25, 0.3) is 0 Å². The van der Waals surface area contributed by atoms with E-state index in [1.807, 2.05) is 92.3 Å². The Labute approximate surface area is 154 Å². The van der Waals surface area contributed by atoms with Crippen LogP contribution in [0.5, 0.6) is 0 Å². The fourth-order valence-electron chi connectivity index (χ4n) is 2.67. The van der Waals surface area contributed by atoms with Gasteiger partial charge in [-0.15, -0.1) is 0 Å². The molecule has 1 N–H and O–H groups in total. The minimum absolute atomic E-state index is 0.0615. The Kier molecular flexibility index (Phi) is 5.21. The molecule has 26 heavy (non-hydrogen) atoms. The molecule has 0 bridgehead atoms. The zero-order chi connectivity index (χ0) is 18.6.